The second-order valence-corrected chi connectivity index (χ2v) is 7.37. The highest BCUT2D eigenvalue weighted by Crippen LogP contribution is 2.45. The highest BCUT2D eigenvalue weighted by molar-refractivity contribution is 9.10. The van der Waals surface area contributed by atoms with Crippen LogP contribution in [0.4, 0.5) is 13.2 Å². The number of nitrogens with zero attached hydrogens (tertiary/aromatic N) is 1. The van der Waals surface area contributed by atoms with Gasteiger partial charge in [-0.15, -0.1) is 0 Å². The maximum Gasteiger partial charge on any atom is 0.409 e. The lowest BCUT2D eigenvalue weighted by Gasteiger charge is -2.38. The Labute approximate surface area is 145 Å². The van der Waals surface area contributed by atoms with Gasteiger partial charge in [0.1, 0.15) is 0 Å². The van der Waals surface area contributed by atoms with Gasteiger partial charge < -0.3 is 0 Å². The van der Waals surface area contributed by atoms with Crippen LogP contribution in [0.3, 0.4) is 0 Å². The summed E-state index contributed by atoms with van der Waals surface area (Å²) in [7, 11) is 0. The lowest BCUT2D eigenvalue weighted by atomic mass is 9.94. The summed E-state index contributed by atoms with van der Waals surface area (Å²) in [4.78, 5) is 11.7. The SMILES string of the molecule is CC1(C)CC(=O)NN1C(c1ccc(Br)c2ccccc12)C(F)(F)F. The minimum Gasteiger partial charge on any atom is -0.287 e. The summed E-state index contributed by atoms with van der Waals surface area (Å²) in [6.45, 7) is 3.26. The number of rotatable bonds is 2. The van der Waals surface area contributed by atoms with Crippen LogP contribution in [0.15, 0.2) is 40.9 Å². The third-order valence-corrected chi connectivity index (χ3v) is 4.95. The average Bonchev–Trinajstić information content (AvgIpc) is 2.73. The molecule has 3 rings (SSSR count). The third kappa shape index (κ3) is 2.91. The lowest BCUT2D eigenvalue weighted by molar-refractivity contribution is -0.203. The first kappa shape index (κ1) is 17.2. The Morgan fingerprint density at radius 1 is 1.17 bits per heavy atom. The van der Waals surface area contributed by atoms with E-state index in [1.54, 1.807) is 44.2 Å². The van der Waals surface area contributed by atoms with Gasteiger partial charge in [0.2, 0.25) is 5.91 Å². The first-order chi connectivity index (χ1) is 11.1. The second kappa shape index (κ2) is 5.74. The smallest absolute Gasteiger partial charge is 0.287 e. The van der Waals surface area contributed by atoms with Crippen molar-refractivity contribution < 1.29 is 18.0 Å². The van der Waals surface area contributed by atoms with Crippen LogP contribution in [0.2, 0.25) is 0 Å². The molecule has 1 saturated heterocycles. The number of fused-ring (bicyclic) bond motifs is 1. The fourth-order valence-corrected chi connectivity index (χ4v) is 3.68. The van der Waals surface area contributed by atoms with Crippen LogP contribution in [0.5, 0.6) is 0 Å². The Morgan fingerprint density at radius 2 is 1.79 bits per heavy atom. The molecule has 1 aliphatic heterocycles. The van der Waals surface area contributed by atoms with E-state index in [-0.39, 0.29) is 12.0 Å². The fraction of sp³-hybridized carbons (Fsp3) is 0.353. The summed E-state index contributed by atoms with van der Waals surface area (Å²) < 4.78 is 42.6. The zero-order valence-corrected chi connectivity index (χ0v) is 14.7. The highest BCUT2D eigenvalue weighted by atomic mass is 79.9. The molecule has 128 valence electrons. The molecule has 2 aromatic carbocycles. The summed E-state index contributed by atoms with van der Waals surface area (Å²) >= 11 is 3.38. The van der Waals surface area contributed by atoms with E-state index in [0.29, 0.717) is 10.8 Å². The molecule has 0 radical (unpaired) electrons. The number of amides is 1. The number of hydrogen-bond acceptors (Lipinski definition) is 2. The molecule has 2 aromatic rings. The number of hydrogen-bond donors (Lipinski definition) is 1. The Balaban J connectivity index is 2.22. The summed E-state index contributed by atoms with van der Waals surface area (Å²) in [5.74, 6) is -0.407. The third-order valence-electron chi connectivity index (χ3n) is 4.26. The molecule has 1 unspecified atom stereocenters. The molecule has 0 aromatic heterocycles. The molecule has 3 nitrogen and oxygen atoms in total. The van der Waals surface area contributed by atoms with Crippen LogP contribution in [-0.4, -0.2) is 22.6 Å². The number of nitrogens with one attached hydrogen (secondary N) is 1. The van der Waals surface area contributed by atoms with Crippen molar-refractivity contribution in [3.63, 3.8) is 0 Å². The minimum atomic E-state index is -4.54. The number of benzene rings is 2. The van der Waals surface area contributed by atoms with Crippen molar-refractivity contribution >= 4 is 32.6 Å². The maximum absolute atomic E-state index is 14.0. The molecule has 1 fully saturated rings. The first-order valence-corrected chi connectivity index (χ1v) is 8.23. The number of hydrazine groups is 1. The van der Waals surface area contributed by atoms with Crippen LogP contribution in [-0.2, 0) is 4.79 Å². The van der Waals surface area contributed by atoms with Crippen molar-refractivity contribution in [2.75, 3.05) is 0 Å². The van der Waals surface area contributed by atoms with Gasteiger partial charge in [0.15, 0.2) is 6.04 Å². The van der Waals surface area contributed by atoms with E-state index in [9.17, 15) is 18.0 Å². The molecule has 0 spiro atoms. The number of halogens is 4. The predicted molar refractivity (Wildman–Crippen MR) is 89.1 cm³/mol. The molecule has 1 amide bonds. The average molecular weight is 401 g/mol. The normalized spacial score (nSPS) is 19.5. The predicted octanol–water partition coefficient (Wildman–Crippen LogP) is 4.72. The molecule has 1 heterocycles. The van der Waals surface area contributed by atoms with E-state index >= 15 is 0 Å². The van der Waals surface area contributed by atoms with Gasteiger partial charge in [0, 0.05) is 16.4 Å². The molecule has 0 bridgehead atoms. The van der Waals surface area contributed by atoms with Gasteiger partial charge in [-0.2, -0.15) is 18.2 Å². The minimum absolute atomic E-state index is 0.0219. The van der Waals surface area contributed by atoms with Gasteiger partial charge in [-0.1, -0.05) is 46.3 Å². The molecule has 1 atom stereocenters. The van der Waals surface area contributed by atoms with Crippen LogP contribution >= 0.6 is 15.9 Å². The van der Waals surface area contributed by atoms with Gasteiger partial charge in [0.05, 0.1) is 0 Å². The fourth-order valence-electron chi connectivity index (χ4n) is 3.20. The van der Waals surface area contributed by atoms with Gasteiger partial charge >= 0.3 is 6.18 Å². The summed E-state index contributed by atoms with van der Waals surface area (Å²) in [5, 5.41) is 2.24. The van der Waals surface area contributed by atoms with E-state index in [1.807, 2.05) is 0 Å². The molecule has 1 N–H and O–H groups in total. The molecule has 7 heteroatoms. The van der Waals surface area contributed by atoms with E-state index in [4.69, 9.17) is 0 Å². The van der Waals surface area contributed by atoms with Gasteiger partial charge in [-0.3, -0.25) is 10.2 Å². The van der Waals surface area contributed by atoms with Gasteiger partial charge in [0.25, 0.3) is 0 Å². The maximum atomic E-state index is 14.0. The van der Waals surface area contributed by atoms with E-state index in [0.717, 1.165) is 9.48 Å². The summed E-state index contributed by atoms with van der Waals surface area (Å²) in [6, 6.07) is 8.08. The van der Waals surface area contributed by atoms with Crippen LogP contribution in [0.25, 0.3) is 10.8 Å². The van der Waals surface area contributed by atoms with Crippen LogP contribution in [0.1, 0.15) is 31.9 Å². The molecule has 0 saturated carbocycles. The topological polar surface area (TPSA) is 32.3 Å². The van der Waals surface area contributed by atoms with Crippen LogP contribution in [0, 0.1) is 0 Å². The lowest BCUT2D eigenvalue weighted by Crippen LogP contribution is -2.51. The van der Waals surface area contributed by atoms with Gasteiger partial charge in [-0.25, -0.2) is 0 Å². The number of carbonyl (C=O) groups excluding carboxylic acids is 1. The summed E-state index contributed by atoms with van der Waals surface area (Å²) in [5.41, 5.74) is 1.57. The van der Waals surface area contributed by atoms with Crippen molar-refractivity contribution in [3.05, 3.63) is 46.4 Å². The monoisotopic (exact) mass is 400 g/mol. The number of carbonyl (C=O) groups is 1. The number of alkyl halides is 3. The van der Waals surface area contributed by atoms with Crippen LogP contribution < -0.4 is 5.43 Å². The first-order valence-electron chi connectivity index (χ1n) is 7.44. The second-order valence-electron chi connectivity index (χ2n) is 6.52. The van der Waals surface area contributed by atoms with Crippen molar-refractivity contribution in [1.82, 2.24) is 10.4 Å². The Bertz CT molecular complexity index is 804. The van der Waals surface area contributed by atoms with Crippen molar-refractivity contribution in [3.8, 4) is 0 Å². The largest absolute Gasteiger partial charge is 0.409 e. The quantitative estimate of drug-likeness (QED) is 0.790. The highest BCUT2D eigenvalue weighted by Gasteiger charge is 2.53. The Kier molecular flexibility index (Phi) is 4.12. The van der Waals surface area contributed by atoms with Crippen molar-refractivity contribution in [2.45, 2.75) is 38.0 Å². The van der Waals surface area contributed by atoms with E-state index < -0.39 is 23.7 Å². The zero-order valence-electron chi connectivity index (χ0n) is 13.1. The zero-order chi connectivity index (χ0) is 17.7. The molecule has 0 aliphatic carbocycles. The summed E-state index contributed by atoms with van der Waals surface area (Å²) in [6.07, 6.45) is -4.51. The standard InChI is InChI=1S/C17H16BrF3N2O/c1-16(2)9-14(24)22-23(16)15(17(19,20)21)12-7-8-13(18)11-6-4-3-5-10(11)12/h3-8,15H,9H2,1-2H3,(H,22,24). The molecular formula is C17H16BrF3N2O. The van der Waals surface area contributed by atoms with Crippen molar-refractivity contribution in [2.24, 2.45) is 0 Å². The van der Waals surface area contributed by atoms with E-state index in [2.05, 4.69) is 21.4 Å². The molecule has 24 heavy (non-hydrogen) atoms. The van der Waals surface area contributed by atoms with Crippen molar-refractivity contribution in [1.29, 1.82) is 0 Å². The Morgan fingerprint density at radius 3 is 2.33 bits per heavy atom. The molecular weight excluding hydrogens is 385 g/mol. The van der Waals surface area contributed by atoms with E-state index in [1.165, 1.54) is 6.07 Å². The van der Waals surface area contributed by atoms with Gasteiger partial charge in [-0.05, 0) is 36.2 Å². The molecule has 1 aliphatic rings. The Hall–Kier alpha value is -1.60.